The van der Waals surface area contributed by atoms with E-state index < -0.39 is 0 Å². The molecule has 3 nitrogen and oxygen atoms in total. The summed E-state index contributed by atoms with van der Waals surface area (Å²) in [5, 5.41) is 3.76. The molecular formula is C18H31N3. The Morgan fingerprint density at radius 3 is 2.38 bits per heavy atom. The van der Waals surface area contributed by atoms with Gasteiger partial charge in [-0.15, -0.1) is 0 Å². The van der Waals surface area contributed by atoms with Crippen molar-refractivity contribution in [2.75, 3.05) is 0 Å². The molecule has 0 spiro atoms. The summed E-state index contributed by atoms with van der Waals surface area (Å²) >= 11 is 0. The van der Waals surface area contributed by atoms with E-state index in [4.69, 9.17) is 0 Å². The largest absolute Gasteiger partial charge is 0.306 e. The highest BCUT2D eigenvalue weighted by molar-refractivity contribution is 5.12. The number of aryl methyl sites for hydroxylation is 1. The van der Waals surface area contributed by atoms with E-state index in [0.717, 1.165) is 17.3 Å². The fraction of sp³-hybridized carbons (Fsp3) is 0.778. The van der Waals surface area contributed by atoms with Crippen molar-refractivity contribution < 1.29 is 0 Å². The molecule has 2 rings (SSSR count). The first kappa shape index (κ1) is 16.4. The van der Waals surface area contributed by atoms with Crippen molar-refractivity contribution in [2.45, 2.75) is 78.8 Å². The van der Waals surface area contributed by atoms with E-state index in [1.807, 2.05) is 6.92 Å². The van der Waals surface area contributed by atoms with E-state index in [1.54, 1.807) is 12.4 Å². The SMILES string of the molecule is CCC(C)(C)C1CCC(NC(C)c2nccnc2C)CC1. The highest BCUT2D eigenvalue weighted by atomic mass is 15.0. The van der Waals surface area contributed by atoms with Crippen LogP contribution in [0.1, 0.15) is 77.2 Å². The molecule has 1 atom stereocenters. The molecule has 1 saturated carbocycles. The summed E-state index contributed by atoms with van der Waals surface area (Å²) in [5.74, 6) is 0.883. The summed E-state index contributed by atoms with van der Waals surface area (Å²) < 4.78 is 0. The lowest BCUT2D eigenvalue weighted by molar-refractivity contribution is 0.134. The molecule has 1 fully saturated rings. The topological polar surface area (TPSA) is 37.8 Å². The predicted molar refractivity (Wildman–Crippen MR) is 88.1 cm³/mol. The summed E-state index contributed by atoms with van der Waals surface area (Å²) in [6, 6.07) is 0.921. The second-order valence-electron chi connectivity index (χ2n) is 7.31. The zero-order valence-electron chi connectivity index (χ0n) is 14.3. The van der Waals surface area contributed by atoms with Gasteiger partial charge in [-0.25, -0.2) is 0 Å². The van der Waals surface area contributed by atoms with Gasteiger partial charge in [0.2, 0.25) is 0 Å². The third-order valence-electron chi connectivity index (χ3n) is 5.56. The smallest absolute Gasteiger partial charge is 0.0782 e. The summed E-state index contributed by atoms with van der Waals surface area (Å²) in [6.45, 7) is 11.4. The molecule has 1 aliphatic rings. The number of aromatic nitrogens is 2. The van der Waals surface area contributed by atoms with Crippen molar-refractivity contribution in [3.63, 3.8) is 0 Å². The van der Waals surface area contributed by atoms with Gasteiger partial charge in [-0.3, -0.25) is 9.97 Å². The number of rotatable bonds is 5. The lowest BCUT2D eigenvalue weighted by Crippen LogP contribution is -2.38. The number of nitrogens with one attached hydrogen (secondary N) is 1. The minimum absolute atomic E-state index is 0.291. The normalized spacial score (nSPS) is 24.8. The van der Waals surface area contributed by atoms with Gasteiger partial charge in [0.25, 0.3) is 0 Å². The first-order valence-corrected chi connectivity index (χ1v) is 8.47. The van der Waals surface area contributed by atoms with Gasteiger partial charge in [-0.1, -0.05) is 27.2 Å². The van der Waals surface area contributed by atoms with Gasteiger partial charge in [0.05, 0.1) is 11.4 Å². The van der Waals surface area contributed by atoms with Crippen LogP contribution in [-0.4, -0.2) is 16.0 Å². The molecule has 1 aromatic rings. The molecule has 0 radical (unpaired) electrons. The van der Waals surface area contributed by atoms with Crippen LogP contribution in [0.5, 0.6) is 0 Å². The van der Waals surface area contributed by atoms with E-state index >= 15 is 0 Å². The lowest BCUT2D eigenvalue weighted by Gasteiger charge is -2.39. The standard InChI is InChI=1S/C18H31N3/c1-6-18(4,5)15-7-9-16(10-8-15)21-14(3)17-13(2)19-11-12-20-17/h11-12,14-16,21H,6-10H2,1-5H3. The number of nitrogens with zero attached hydrogens (tertiary/aromatic N) is 2. The number of hydrogen-bond acceptors (Lipinski definition) is 3. The lowest BCUT2D eigenvalue weighted by atomic mass is 9.69. The van der Waals surface area contributed by atoms with Gasteiger partial charge in [-0.05, 0) is 50.9 Å². The maximum Gasteiger partial charge on any atom is 0.0782 e. The van der Waals surface area contributed by atoms with Gasteiger partial charge < -0.3 is 5.32 Å². The van der Waals surface area contributed by atoms with E-state index in [1.165, 1.54) is 32.1 Å². The van der Waals surface area contributed by atoms with Crippen LogP contribution in [0.15, 0.2) is 12.4 Å². The third kappa shape index (κ3) is 4.03. The van der Waals surface area contributed by atoms with Crippen LogP contribution in [0.3, 0.4) is 0 Å². The molecule has 3 heteroatoms. The van der Waals surface area contributed by atoms with Gasteiger partial charge in [0.1, 0.15) is 0 Å². The highest BCUT2D eigenvalue weighted by Crippen LogP contribution is 2.40. The maximum atomic E-state index is 4.49. The molecular weight excluding hydrogens is 258 g/mol. The zero-order chi connectivity index (χ0) is 15.5. The average Bonchev–Trinajstić information content (AvgIpc) is 2.48. The van der Waals surface area contributed by atoms with Crippen LogP contribution in [0.4, 0.5) is 0 Å². The quantitative estimate of drug-likeness (QED) is 0.871. The van der Waals surface area contributed by atoms with E-state index in [2.05, 4.69) is 43.0 Å². The Bertz CT molecular complexity index is 448. The minimum Gasteiger partial charge on any atom is -0.306 e. The average molecular weight is 289 g/mol. The van der Waals surface area contributed by atoms with Crippen LogP contribution >= 0.6 is 0 Å². The predicted octanol–water partition coefficient (Wildman–Crippen LogP) is 4.43. The molecule has 118 valence electrons. The Morgan fingerprint density at radius 2 is 1.81 bits per heavy atom. The van der Waals surface area contributed by atoms with Crippen LogP contribution in [-0.2, 0) is 0 Å². The molecule has 0 aliphatic heterocycles. The van der Waals surface area contributed by atoms with Gasteiger partial charge in [0.15, 0.2) is 0 Å². The molecule has 0 bridgehead atoms. The fourth-order valence-corrected chi connectivity index (χ4v) is 3.61. The minimum atomic E-state index is 0.291. The Balaban J connectivity index is 1.88. The molecule has 0 aromatic carbocycles. The van der Waals surface area contributed by atoms with E-state index in [0.29, 0.717) is 17.5 Å². The summed E-state index contributed by atoms with van der Waals surface area (Å²) in [5.41, 5.74) is 2.63. The van der Waals surface area contributed by atoms with Crippen molar-refractivity contribution in [3.05, 3.63) is 23.8 Å². The Hall–Kier alpha value is -0.960. The highest BCUT2D eigenvalue weighted by Gasteiger charge is 2.32. The molecule has 21 heavy (non-hydrogen) atoms. The first-order valence-electron chi connectivity index (χ1n) is 8.47. The van der Waals surface area contributed by atoms with Gasteiger partial charge in [-0.2, -0.15) is 0 Å². The third-order valence-corrected chi connectivity index (χ3v) is 5.56. The summed E-state index contributed by atoms with van der Waals surface area (Å²) in [7, 11) is 0. The van der Waals surface area contributed by atoms with Crippen LogP contribution in [0.25, 0.3) is 0 Å². The van der Waals surface area contributed by atoms with Crippen LogP contribution in [0, 0.1) is 18.3 Å². The Labute approximate surface area is 130 Å². The monoisotopic (exact) mass is 289 g/mol. The van der Waals surface area contributed by atoms with Crippen LogP contribution < -0.4 is 5.32 Å². The second kappa shape index (κ2) is 6.87. The Kier molecular flexibility index (Phi) is 5.37. The van der Waals surface area contributed by atoms with Crippen molar-refractivity contribution in [1.82, 2.24) is 15.3 Å². The van der Waals surface area contributed by atoms with Crippen molar-refractivity contribution in [2.24, 2.45) is 11.3 Å². The Morgan fingerprint density at radius 1 is 1.19 bits per heavy atom. The van der Waals surface area contributed by atoms with Crippen LogP contribution in [0.2, 0.25) is 0 Å². The van der Waals surface area contributed by atoms with Crippen molar-refractivity contribution >= 4 is 0 Å². The summed E-state index contributed by atoms with van der Waals surface area (Å²) in [4.78, 5) is 8.83. The zero-order valence-corrected chi connectivity index (χ0v) is 14.3. The second-order valence-corrected chi connectivity index (χ2v) is 7.31. The molecule has 1 aromatic heterocycles. The summed E-state index contributed by atoms with van der Waals surface area (Å²) in [6.07, 6.45) is 10.1. The van der Waals surface area contributed by atoms with E-state index in [-0.39, 0.29) is 0 Å². The molecule has 1 N–H and O–H groups in total. The molecule has 0 amide bonds. The molecule has 1 unspecified atom stereocenters. The van der Waals surface area contributed by atoms with E-state index in [9.17, 15) is 0 Å². The molecule has 0 saturated heterocycles. The van der Waals surface area contributed by atoms with Gasteiger partial charge >= 0.3 is 0 Å². The van der Waals surface area contributed by atoms with Crippen molar-refractivity contribution in [3.8, 4) is 0 Å². The van der Waals surface area contributed by atoms with Crippen molar-refractivity contribution in [1.29, 1.82) is 0 Å². The molecule has 1 heterocycles. The first-order chi connectivity index (χ1) is 9.94. The number of hydrogen-bond donors (Lipinski definition) is 1. The van der Waals surface area contributed by atoms with Gasteiger partial charge in [0, 0.05) is 24.5 Å². The fourth-order valence-electron chi connectivity index (χ4n) is 3.61. The maximum absolute atomic E-state index is 4.49. The molecule has 1 aliphatic carbocycles.